The van der Waals surface area contributed by atoms with Crippen LogP contribution in [0.15, 0.2) is 40.9 Å². The lowest BCUT2D eigenvalue weighted by molar-refractivity contribution is 0.534. The Bertz CT molecular complexity index is 586. The van der Waals surface area contributed by atoms with Crippen molar-refractivity contribution in [3.63, 3.8) is 0 Å². The molecule has 20 heavy (non-hydrogen) atoms. The van der Waals surface area contributed by atoms with Crippen LogP contribution in [0.3, 0.4) is 0 Å². The minimum absolute atomic E-state index is 0.136. The molecular weight excluding hydrogens is 319 g/mol. The Kier molecular flexibility index (Phi) is 5.26. The molecule has 0 aliphatic carbocycles. The quantitative estimate of drug-likeness (QED) is 0.885. The zero-order valence-electron chi connectivity index (χ0n) is 11.7. The van der Waals surface area contributed by atoms with Gasteiger partial charge < -0.3 is 5.32 Å². The molecule has 0 saturated heterocycles. The number of aryl methyl sites for hydroxylation is 1. The second kappa shape index (κ2) is 6.95. The van der Waals surface area contributed by atoms with Crippen LogP contribution in [0.5, 0.6) is 0 Å². The first-order chi connectivity index (χ1) is 9.60. The number of hydrogen-bond donors (Lipinski definition) is 1. The number of likely N-dealkylation sites (N-methyl/N-ethyl adjacent to an activating group) is 1. The Hall–Kier alpha value is -1.26. The Morgan fingerprint density at radius 2 is 2.10 bits per heavy atom. The number of pyridine rings is 1. The van der Waals surface area contributed by atoms with Crippen molar-refractivity contribution in [1.29, 1.82) is 0 Å². The third-order valence-corrected chi connectivity index (χ3v) is 3.75. The molecule has 0 radical (unpaired) electrons. The fourth-order valence-electron chi connectivity index (χ4n) is 2.19. The fourth-order valence-corrected chi connectivity index (χ4v) is 2.61. The highest BCUT2D eigenvalue weighted by atomic mass is 79.9. The predicted octanol–water partition coefficient (Wildman–Crippen LogP) is 4.18. The third kappa shape index (κ3) is 3.87. The van der Waals surface area contributed by atoms with E-state index in [9.17, 15) is 4.39 Å². The summed E-state index contributed by atoms with van der Waals surface area (Å²) >= 11 is 3.23. The van der Waals surface area contributed by atoms with Gasteiger partial charge in [-0.15, -0.1) is 0 Å². The van der Waals surface area contributed by atoms with E-state index in [2.05, 4.69) is 33.2 Å². The van der Waals surface area contributed by atoms with E-state index in [4.69, 9.17) is 0 Å². The largest absolute Gasteiger partial charge is 0.309 e. The molecule has 0 aliphatic heterocycles. The third-order valence-electron chi connectivity index (χ3n) is 3.14. The Labute approximate surface area is 127 Å². The number of hydrogen-bond acceptors (Lipinski definition) is 2. The summed E-state index contributed by atoms with van der Waals surface area (Å²) in [7, 11) is 0. The van der Waals surface area contributed by atoms with Gasteiger partial charge in [0, 0.05) is 5.69 Å². The van der Waals surface area contributed by atoms with E-state index in [1.54, 1.807) is 0 Å². The number of halogens is 2. The smallest absolute Gasteiger partial charge is 0.137 e. The first-order valence-electron chi connectivity index (χ1n) is 6.71. The highest BCUT2D eigenvalue weighted by Gasteiger charge is 2.13. The Morgan fingerprint density at radius 1 is 1.30 bits per heavy atom. The number of aromatic nitrogens is 1. The molecule has 2 aromatic rings. The van der Waals surface area contributed by atoms with Crippen molar-refractivity contribution in [2.24, 2.45) is 0 Å². The highest BCUT2D eigenvalue weighted by molar-refractivity contribution is 9.10. The zero-order valence-corrected chi connectivity index (χ0v) is 13.2. The SMILES string of the molecule is CCNC(Cc1ccc(F)c(Br)c1)c1cccc(C)n1. The molecule has 1 aromatic carbocycles. The fraction of sp³-hybridized carbons (Fsp3) is 0.312. The number of rotatable bonds is 5. The van der Waals surface area contributed by atoms with Gasteiger partial charge in [-0.25, -0.2) is 4.39 Å². The van der Waals surface area contributed by atoms with E-state index in [1.165, 1.54) is 6.07 Å². The number of benzene rings is 1. The molecule has 0 aliphatic rings. The molecular formula is C16H18BrFN2. The van der Waals surface area contributed by atoms with Crippen LogP contribution in [0.25, 0.3) is 0 Å². The Balaban J connectivity index is 2.22. The van der Waals surface area contributed by atoms with E-state index in [0.717, 1.165) is 29.9 Å². The van der Waals surface area contributed by atoms with E-state index in [-0.39, 0.29) is 11.9 Å². The summed E-state index contributed by atoms with van der Waals surface area (Å²) in [5.41, 5.74) is 3.10. The Morgan fingerprint density at radius 3 is 2.75 bits per heavy atom. The first kappa shape index (κ1) is 15.1. The van der Waals surface area contributed by atoms with E-state index in [1.807, 2.05) is 37.3 Å². The van der Waals surface area contributed by atoms with Crippen molar-refractivity contribution >= 4 is 15.9 Å². The van der Waals surface area contributed by atoms with Crippen LogP contribution in [-0.2, 0) is 6.42 Å². The molecule has 2 rings (SSSR count). The summed E-state index contributed by atoms with van der Waals surface area (Å²) in [6.45, 7) is 4.92. The van der Waals surface area contributed by atoms with E-state index >= 15 is 0 Å². The molecule has 1 aromatic heterocycles. The topological polar surface area (TPSA) is 24.9 Å². The van der Waals surface area contributed by atoms with Crippen molar-refractivity contribution in [1.82, 2.24) is 10.3 Å². The van der Waals surface area contributed by atoms with Crippen LogP contribution >= 0.6 is 15.9 Å². The number of nitrogens with one attached hydrogen (secondary N) is 1. The minimum Gasteiger partial charge on any atom is -0.309 e. The maximum atomic E-state index is 13.3. The molecule has 1 unspecified atom stereocenters. The highest BCUT2D eigenvalue weighted by Crippen LogP contribution is 2.22. The second-order valence-corrected chi connectivity index (χ2v) is 5.62. The summed E-state index contributed by atoms with van der Waals surface area (Å²) in [6.07, 6.45) is 0.781. The molecule has 0 amide bonds. The molecule has 0 bridgehead atoms. The van der Waals surface area contributed by atoms with Gasteiger partial charge in [0.1, 0.15) is 5.82 Å². The molecule has 0 fully saturated rings. The van der Waals surface area contributed by atoms with Crippen LogP contribution in [0.1, 0.15) is 29.9 Å². The summed E-state index contributed by atoms with van der Waals surface area (Å²) in [5.74, 6) is -0.234. The molecule has 1 heterocycles. The molecule has 106 valence electrons. The van der Waals surface area contributed by atoms with E-state index in [0.29, 0.717) is 4.47 Å². The zero-order chi connectivity index (χ0) is 14.5. The van der Waals surface area contributed by atoms with Gasteiger partial charge in [0.2, 0.25) is 0 Å². The molecule has 4 heteroatoms. The molecule has 2 nitrogen and oxygen atoms in total. The average molecular weight is 337 g/mol. The second-order valence-electron chi connectivity index (χ2n) is 4.77. The lowest BCUT2D eigenvalue weighted by Crippen LogP contribution is -2.24. The van der Waals surface area contributed by atoms with Gasteiger partial charge in [-0.2, -0.15) is 0 Å². The summed E-state index contributed by atoms with van der Waals surface area (Å²) in [4.78, 5) is 4.58. The van der Waals surface area contributed by atoms with Crippen molar-refractivity contribution in [3.05, 3.63) is 63.6 Å². The van der Waals surface area contributed by atoms with Crippen molar-refractivity contribution in [2.45, 2.75) is 26.3 Å². The van der Waals surface area contributed by atoms with Gasteiger partial charge in [0.05, 0.1) is 16.2 Å². The van der Waals surface area contributed by atoms with Crippen molar-refractivity contribution < 1.29 is 4.39 Å². The molecule has 0 spiro atoms. The van der Waals surface area contributed by atoms with Gasteiger partial charge in [0.15, 0.2) is 0 Å². The lowest BCUT2D eigenvalue weighted by atomic mass is 10.0. The maximum absolute atomic E-state index is 13.3. The normalized spacial score (nSPS) is 12.4. The van der Waals surface area contributed by atoms with Crippen molar-refractivity contribution in [3.8, 4) is 0 Å². The molecule has 1 atom stereocenters. The van der Waals surface area contributed by atoms with Crippen LogP contribution < -0.4 is 5.32 Å². The molecule has 0 saturated carbocycles. The minimum atomic E-state index is -0.234. The predicted molar refractivity (Wildman–Crippen MR) is 83.2 cm³/mol. The monoisotopic (exact) mass is 336 g/mol. The van der Waals surface area contributed by atoms with Gasteiger partial charge in [-0.3, -0.25) is 4.98 Å². The van der Waals surface area contributed by atoms with Gasteiger partial charge >= 0.3 is 0 Å². The van der Waals surface area contributed by atoms with E-state index < -0.39 is 0 Å². The van der Waals surface area contributed by atoms with Gasteiger partial charge in [-0.1, -0.05) is 19.1 Å². The van der Waals surface area contributed by atoms with Crippen LogP contribution in [-0.4, -0.2) is 11.5 Å². The standard InChI is InChI=1S/C16H18BrFN2/c1-3-19-16(15-6-4-5-11(2)20-15)10-12-7-8-14(18)13(17)9-12/h4-9,16,19H,3,10H2,1-2H3. The summed E-state index contributed by atoms with van der Waals surface area (Å²) in [5, 5.41) is 3.44. The average Bonchev–Trinajstić information content (AvgIpc) is 2.42. The van der Waals surface area contributed by atoms with Crippen LogP contribution in [0, 0.1) is 12.7 Å². The first-order valence-corrected chi connectivity index (χ1v) is 7.50. The number of nitrogens with zero attached hydrogens (tertiary/aromatic N) is 1. The van der Waals surface area contributed by atoms with Crippen LogP contribution in [0.2, 0.25) is 0 Å². The summed E-state index contributed by atoms with van der Waals surface area (Å²) in [6, 6.07) is 11.3. The van der Waals surface area contributed by atoms with Gasteiger partial charge in [-0.05, 0) is 65.6 Å². The summed E-state index contributed by atoms with van der Waals surface area (Å²) < 4.78 is 13.8. The molecule has 1 N–H and O–H groups in total. The maximum Gasteiger partial charge on any atom is 0.137 e. The van der Waals surface area contributed by atoms with Crippen LogP contribution in [0.4, 0.5) is 4.39 Å². The van der Waals surface area contributed by atoms with Crippen molar-refractivity contribution in [2.75, 3.05) is 6.54 Å². The van der Waals surface area contributed by atoms with Gasteiger partial charge in [0.25, 0.3) is 0 Å². The lowest BCUT2D eigenvalue weighted by Gasteiger charge is -2.18.